The van der Waals surface area contributed by atoms with Crippen LogP contribution >= 0.6 is 0 Å². The summed E-state index contributed by atoms with van der Waals surface area (Å²) in [5.41, 5.74) is 0. The summed E-state index contributed by atoms with van der Waals surface area (Å²) in [4.78, 5) is 12.8. The number of Topliss-reactive ketones (excluding diaryl/α,β-unsaturated/α-hetero) is 1. The van der Waals surface area contributed by atoms with Crippen LogP contribution in [-0.4, -0.2) is 31.2 Å². The SMILES string of the molecule is CCCCCC1CCC(COC2CCC(CCC(=O)CCC3CCC(OCC4CCC(CCCCC)CC4)CC3)CC2)CC1. The van der Waals surface area contributed by atoms with Crippen molar-refractivity contribution < 1.29 is 14.3 Å². The molecule has 0 spiro atoms. The van der Waals surface area contributed by atoms with Crippen LogP contribution < -0.4 is 0 Å². The summed E-state index contributed by atoms with van der Waals surface area (Å²) in [6.07, 6.45) is 37.4. The molecule has 4 saturated carbocycles. The van der Waals surface area contributed by atoms with E-state index in [1.165, 1.54) is 154 Å². The highest BCUT2D eigenvalue weighted by Gasteiger charge is 2.27. The number of hydrogen-bond acceptors (Lipinski definition) is 3. The van der Waals surface area contributed by atoms with Crippen molar-refractivity contribution in [3.05, 3.63) is 0 Å². The molecule has 0 aliphatic heterocycles. The lowest BCUT2D eigenvalue weighted by molar-refractivity contribution is -0.119. The van der Waals surface area contributed by atoms with Gasteiger partial charge in [-0.15, -0.1) is 0 Å². The highest BCUT2D eigenvalue weighted by atomic mass is 16.5. The van der Waals surface area contributed by atoms with Crippen molar-refractivity contribution in [1.82, 2.24) is 0 Å². The third-order valence-corrected chi connectivity index (χ3v) is 12.8. The molecule has 0 bridgehead atoms. The Morgan fingerprint density at radius 1 is 0.432 bits per heavy atom. The van der Waals surface area contributed by atoms with E-state index in [0.717, 1.165) is 74.4 Å². The van der Waals surface area contributed by atoms with Crippen LogP contribution in [0, 0.1) is 35.5 Å². The minimum absolute atomic E-state index is 0.485. The van der Waals surface area contributed by atoms with Crippen LogP contribution in [0.15, 0.2) is 0 Å². The molecule has 0 N–H and O–H groups in total. The quantitative estimate of drug-likeness (QED) is 0.128. The predicted octanol–water partition coefficient (Wildman–Crippen LogP) is 12.0. The zero-order valence-electron chi connectivity index (χ0n) is 29.6. The van der Waals surface area contributed by atoms with Crippen molar-refractivity contribution in [2.45, 2.75) is 206 Å². The van der Waals surface area contributed by atoms with Gasteiger partial charge in [-0.05, 0) is 125 Å². The van der Waals surface area contributed by atoms with Gasteiger partial charge in [0.1, 0.15) is 5.78 Å². The second-order valence-corrected chi connectivity index (χ2v) is 16.3. The Bertz CT molecular complexity index is 658. The molecule has 0 heterocycles. The molecule has 0 amide bonds. The van der Waals surface area contributed by atoms with Gasteiger partial charge in [0, 0.05) is 26.1 Å². The largest absolute Gasteiger partial charge is 0.378 e. The molecule has 0 aromatic heterocycles. The van der Waals surface area contributed by atoms with Crippen LogP contribution in [0.3, 0.4) is 0 Å². The maximum atomic E-state index is 12.8. The van der Waals surface area contributed by atoms with E-state index in [2.05, 4.69) is 13.8 Å². The lowest BCUT2D eigenvalue weighted by Crippen LogP contribution is -2.26. The van der Waals surface area contributed by atoms with Gasteiger partial charge in [0.25, 0.3) is 0 Å². The fraction of sp³-hybridized carbons (Fsp3) is 0.976. The van der Waals surface area contributed by atoms with Crippen molar-refractivity contribution in [3.8, 4) is 0 Å². The zero-order valence-corrected chi connectivity index (χ0v) is 29.6. The minimum Gasteiger partial charge on any atom is -0.378 e. The Labute approximate surface area is 274 Å². The molecular formula is C41H74O3. The maximum absolute atomic E-state index is 12.8. The smallest absolute Gasteiger partial charge is 0.132 e. The Hall–Kier alpha value is -0.410. The minimum atomic E-state index is 0.485. The first-order valence-corrected chi connectivity index (χ1v) is 20.4. The Kier molecular flexibility index (Phi) is 17.8. The van der Waals surface area contributed by atoms with Gasteiger partial charge in [-0.3, -0.25) is 4.79 Å². The molecule has 0 aromatic rings. The van der Waals surface area contributed by atoms with Crippen molar-refractivity contribution in [2.24, 2.45) is 35.5 Å². The summed E-state index contributed by atoms with van der Waals surface area (Å²) in [5, 5.41) is 0. The van der Waals surface area contributed by atoms with E-state index in [1.807, 2.05) is 0 Å². The van der Waals surface area contributed by atoms with Gasteiger partial charge in [0.15, 0.2) is 0 Å². The average molecular weight is 615 g/mol. The molecule has 0 atom stereocenters. The molecule has 0 radical (unpaired) electrons. The van der Waals surface area contributed by atoms with Crippen LogP contribution in [0.25, 0.3) is 0 Å². The lowest BCUT2D eigenvalue weighted by Gasteiger charge is -2.32. The first-order valence-electron chi connectivity index (χ1n) is 20.4. The number of carbonyl (C=O) groups excluding carboxylic acids is 1. The molecule has 4 aliphatic carbocycles. The van der Waals surface area contributed by atoms with Crippen molar-refractivity contribution in [1.29, 1.82) is 0 Å². The summed E-state index contributed by atoms with van der Waals surface area (Å²) < 4.78 is 12.9. The normalized spacial score (nSPS) is 33.3. The third kappa shape index (κ3) is 14.1. The highest BCUT2D eigenvalue weighted by Crippen LogP contribution is 2.36. The molecule has 4 fully saturated rings. The van der Waals surface area contributed by atoms with Crippen LogP contribution in [0.4, 0.5) is 0 Å². The number of ketones is 1. The van der Waals surface area contributed by atoms with E-state index in [4.69, 9.17) is 9.47 Å². The Morgan fingerprint density at radius 3 is 1.11 bits per heavy atom. The number of ether oxygens (including phenoxy) is 2. The Morgan fingerprint density at radius 2 is 0.750 bits per heavy atom. The van der Waals surface area contributed by atoms with E-state index in [-0.39, 0.29) is 0 Å². The van der Waals surface area contributed by atoms with Crippen molar-refractivity contribution in [2.75, 3.05) is 13.2 Å². The Balaban J connectivity index is 0.954. The van der Waals surface area contributed by atoms with Gasteiger partial charge in [-0.25, -0.2) is 0 Å². The summed E-state index contributed by atoms with van der Waals surface area (Å²) in [6, 6.07) is 0. The second kappa shape index (κ2) is 21.5. The zero-order chi connectivity index (χ0) is 30.8. The van der Waals surface area contributed by atoms with Gasteiger partial charge in [0.2, 0.25) is 0 Å². The average Bonchev–Trinajstić information content (AvgIpc) is 3.07. The van der Waals surface area contributed by atoms with Gasteiger partial charge in [0.05, 0.1) is 12.2 Å². The standard InChI is InChI=1S/C41H74O3/c1-3-5-7-9-33-11-15-37(16-12-33)31-43-40-27-21-35(22-28-40)19-25-39(42)26-20-36-23-29-41(30-24-36)44-32-38-17-13-34(14-18-38)10-8-6-4-2/h33-38,40-41H,3-32H2,1-2H3. The first-order chi connectivity index (χ1) is 21.6. The summed E-state index contributed by atoms with van der Waals surface area (Å²) in [6.45, 7) is 6.63. The number of carbonyl (C=O) groups is 1. The van der Waals surface area contributed by atoms with Gasteiger partial charge in [-0.2, -0.15) is 0 Å². The van der Waals surface area contributed by atoms with Crippen LogP contribution in [0.5, 0.6) is 0 Å². The monoisotopic (exact) mass is 615 g/mol. The van der Waals surface area contributed by atoms with E-state index < -0.39 is 0 Å². The lowest BCUT2D eigenvalue weighted by atomic mass is 9.80. The highest BCUT2D eigenvalue weighted by molar-refractivity contribution is 5.78. The molecule has 44 heavy (non-hydrogen) atoms. The first kappa shape index (κ1) is 36.4. The third-order valence-electron chi connectivity index (χ3n) is 12.8. The van der Waals surface area contributed by atoms with E-state index in [9.17, 15) is 4.79 Å². The molecular weight excluding hydrogens is 540 g/mol. The van der Waals surface area contributed by atoms with Gasteiger partial charge < -0.3 is 9.47 Å². The van der Waals surface area contributed by atoms with Crippen LogP contribution in [-0.2, 0) is 14.3 Å². The van der Waals surface area contributed by atoms with Crippen molar-refractivity contribution >= 4 is 5.78 Å². The molecule has 4 aliphatic rings. The number of rotatable bonds is 20. The van der Waals surface area contributed by atoms with E-state index in [1.54, 1.807) is 0 Å². The topological polar surface area (TPSA) is 35.5 Å². The fourth-order valence-electron chi connectivity index (χ4n) is 9.31. The summed E-state index contributed by atoms with van der Waals surface area (Å²) >= 11 is 0. The van der Waals surface area contributed by atoms with Gasteiger partial charge >= 0.3 is 0 Å². The van der Waals surface area contributed by atoms with Crippen LogP contribution in [0.2, 0.25) is 0 Å². The molecule has 3 nitrogen and oxygen atoms in total. The second-order valence-electron chi connectivity index (χ2n) is 16.3. The molecule has 3 heteroatoms. The molecule has 0 unspecified atom stereocenters. The molecule has 0 aromatic carbocycles. The van der Waals surface area contributed by atoms with E-state index in [0.29, 0.717) is 18.0 Å². The fourth-order valence-corrected chi connectivity index (χ4v) is 9.31. The number of hydrogen-bond donors (Lipinski definition) is 0. The van der Waals surface area contributed by atoms with E-state index >= 15 is 0 Å². The number of unbranched alkanes of at least 4 members (excludes halogenated alkanes) is 4. The van der Waals surface area contributed by atoms with Crippen LogP contribution in [0.1, 0.15) is 194 Å². The summed E-state index contributed by atoms with van der Waals surface area (Å²) in [7, 11) is 0. The molecule has 0 saturated heterocycles. The van der Waals surface area contributed by atoms with Crippen molar-refractivity contribution in [3.63, 3.8) is 0 Å². The molecule has 4 rings (SSSR count). The molecule has 256 valence electrons. The van der Waals surface area contributed by atoms with Gasteiger partial charge in [-0.1, -0.05) is 90.9 Å². The summed E-state index contributed by atoms with van der Waals surface area (Å²) in [5.74, 6) is 5.64. The maximum Gasteiger partial charge on any atom is 0.132 e. The predicted molar refractivity (Wildman–Crippen MR) is 186 cm³/mol.